The topological polar surface area (TPSA) is 57.4 Å². The average molecular weight is 272 g/mol. The monoisotopic (exact) mass is 272 g/mol. The van der Waals surface area contributed by atoms with Crippen LogP contribution in [-0.4, -0.2) is 18.1 Å². The molecule has 0 aliphatic heterocycles. The third-order valence-corrected chi connectivity index (χ3v) is 3.11. The van der Waals surface area contributed by atoms with Crippen molar-refractivity contribution in [3.8, 4) is 17.4 Å². The largest absolute Gasteiger partial charge is 0.497 e. The lowest BCUT2D eigenvalue weighted by molar-refractivity contribution is 0.406. The van der Waals surface area contributed by atoms with Gasteiger partial charge >= 0.3 is 0 Å². The molecule has 0 aliphatic carbocycles. The van der Waals surface area contributed by atoms with E-state index in [1.165, 1.54) is 0 Å². The maximum atomic E-state index is 6.01. The summed E-state index contributed by atoms with van der Waals surface area (Å²) in [6.07, 6.45) is 3.40. The molecule has 1 aromatic carbocycles. The second-order valence-corrected chi connectivity index (χ2v) is 4.62. The van der Waals surface area contributed by atoms with Crippen LogP contribution in [0.15, 0.2) is 42.6 Å². The first-order valence-electron chi connectivity index (χ1n) is 6.74. The summed E-state index contributed by atoms with van der Waals surface area (Å²) in [7, 11) is 1.63. The van der Waals surface area contributed by atoms with E-state index in [1.807, 2.05) is 36.4 Å². The van der Waals surface area contributed by atoms with Gasteiger partial charge in [0.05, 0.1) is 7.11 Å². The van der Waals surface area contributed by atoms with Gasteiger partial charge < -0.3 is 15.2 Å². The number of benzene rings is 1. The lowest BCUT2D eigenvalue weighted by Crippen LogP contribution is -2.21. The highest BCUT2D eigenvalue weighted by Crippen LogP contribution is 2.26. The fourth-order valence-corrected chi connectivity index (χ4v) is 1.87. The second kappa shape index (κ2) is 6.91. The van der Waals surface area contributed by atoms with Crippen LogP contribution in [0, 0.1) is 0 Å². The number of aromatic nitrogens is 1. The van der Waals surface area contributed by atoms with Crippen LogP contribution in [0.3, 0.4) is 0 Å². The highest BCUT2D eigenvalue weighted by molar-refractivity contribution is 5.37. The molecule has 0 bridgehead atoms. The molecule has 1 aromatic heterocycles. The first-order chi connectivity index (χ1) is 9.72. The number of nitrogens with two attached hydrogens (primary N) is 1. The van der Waals surface area contributed by atoms with Crippen LogP contribution in [0.4, 0.5) is 0 Å². The van der Waals surface area contributed by atoms with Gasteiger partial charge in [0.25, 0.3) is 0 Å². The Labute approximate surface area is 119 Å². The van der Waals surface area contributed by atoms with E-state index < -0.39 is 0 Å². The van der Waals surface area contributed by atoms with Gasteiger partial charge in [-0.15, -0.1) is 0 Å². The van der Waals surface area contributed by atoms with Gasteiger partial charge in [0.2, 0.25) is 5.88 Å². The molecule has 2 rings (SSSR count). The third-order valence-electron chi connectivity index (χ3n) is 3.11. The van der Waals surface area contributed by atoms with E-state index in [9.17, 15) is 0 Å². The van der Waals surface area contributed by atoms with Crippen molar-refractivity contribution >= 4 is 0 Å². The van der Waals surface area contributed by atoms with E-state index in [2.05, 4.69) is 11.9 Å². The van der Waals surface area contributed by atoms with Gasteiger partial charge in [-0.2, -0.15) is 0 Å². The molecule has 2 N–H and O–H groups in total. The number of ether oxygens (including phenoxy) is 2. The number of rotatable bonds is 6. The Morgan fingerprint density at radius 1 is 1.20 bits per heavy atom. The number of methoxy groups -OCH3 is 1. The Kier molecular flexibility index (Phi) is 4.96. The molecule has 0 spiro atoms. The van der Waals surface area contributed by atoms with Gasteiger partial charge in [-0.05, 0) is 31.0 Å². The Hall–Kier alpha value is -2.07. The second-order valence-electron chi connectivity index (χ2n) is 4.62. The van der Waals surface area contributed by atoms with Gasteiger partial charge in [0.15, 0.2) is 0 Å². The van der Waals surface area contributed by atoms with Crippen LogP contribution < -0.4 is 15.2 Å². The van der Waals surface area contributed by atoms with Crippen LogP contribution >= 0.6 is 0 Å². The highest BCUT2D eigenvalue weighted by Gasteiger charge is 2.10. The summed E-state index contributed by atoms with van der Waals surface area (Å²) in [4.78, 5) is 4.30. The Morgan fingerprint density at radius 3 is 2.75 bits per heavy atom. The molecular weight excluding hydrogens is 252 g/mol. The maximum absolute atomic E-state index is 6.01. The van der Waals surface area contributed by atoms with Crippen molar-refractivity contribution in [1.29, 1.82) is 0 Å². The van der Waals surface area contributed by atoms with Crippen molar-refractivity contribution in [2.24, 2.45) is 5.73 Å². The standard InChI is InChI=1S/C16H20N2O2/c1-3-13(17)10-12-6-5-9-18-16(12)20-15-8-4-7-14(11-15)19-2/h4-9,11,13H,3,10,17H2,1-2H3. The zero-order valence-corrected chi connectivity index (χ0v) is 11.9. The minimum atomic E-state index is 0.117. The van der Waals surface area contributed by atoms with E-state index in [1.54, 1.807) is 13.3 Å². The van der Waals surface area contributed by atoms with E-state index in [0.29, 0.717) is 11.6 Å². The van der Waals surface area contributed by atoms with Crippen molar-refractivity contribution in [3.05, 3.63) is 48.2 Å². The average Bonchev–Trinajstić information content (AvgIpc) is 2.49. The first-order valence-corrected chi connectivity index (χ1v) is 6.74. The lowest BCUT2D eigenvalue weighted by Gasteiger charge is -2.13. The van der Waals surface area contributed by atoms with Gasteiger partial charge in [0, 0.05) is 23.9 Å². The van der Waals surface area contributed by atoms with Crippen LogP contribution in [-0.2, 0) is 6.42 Å². The Bertz CT molecular complexity index is 558. The highest BCUT2D eigenvalue weighted by atomic mass is 16.5. The van der Waals surface area contributed by atoms with Crippen LogP contribution in [0.25, 0.3) is 0 Å². The Balaban J connectivity index is 2.19. The Morgan fingerprint density at radius 2 is 2.00 bits per heavy atom. The number of hydrogen-bond donors (Lipinski definition) is 1. The zero-order chi connectivity index (χ0) is 14.4. The molecule has 0 radical (unpaired) electrons. The van der Waals surface area contributed by atoms with Gasteiger partial charge in [-0.1, -0.05) is 19.1 Å². The van der Waals surface area contributed by atoms with Gasteiger partial charge in [-0.25, -0.2) is 4.98 Å². The van der Waals surface area contributed by atoms with E-state index in [0.717, 1.165) is 24.2 Å². The summed E-state index contributed by atoms with van der Waals surface area (Å²) < 4.78 is 11.0. The molecule has 0 fully saturated rings. The normalized spacial score (nSPS) is 11.9. The van der Waals surface area contributed by atoms with E-state index >= 15 is 0 Å². The van der Waals surface area contributed by atoms with Crippen molar-refractivity contribution in [1.82, 2.24) is 4.98 Å². The molecule has 1 atom stereocenters. The van der Waals surface area contributed by atoms with Crippen LogP contribution in [0.5, 0.6) is 17.4 Å². The minimum Gasteiger partial charge on any atom is -0.497 e. The predicted octanol–water partition coefficient (Wildman–Crippen LogP) is 3.16. The summed E-state index contributed by atoms with van der Waals surface area (Å²) >= 11 is 0. The SMILES string of the molecule is CCC(N)Cc1cccnc1Oc1cccc(OC)c1. The number of hydrogen-bond acceptors (Lipinski definition) is 4. The lowest BCUT2D eigenvalue weighted by atomic mass is 10.1. The van der Waals surface area contributed by atoms with E-state index in [-0.39, 0.29) is 6.04 Å². The van der Waals surface area contributed by atoms with Crippen molar-refractivity contribution in [2.75, 3.05) is 7.11 Å². The summed E-state index contributed by atoms with van der Waals surface area (Å²) in [6, 6.07) is 11.5. The molecule has 0 saturated carbocycles. The van der Waals surface area contributed by atoms with Crippen LogP contribution in [0.2, 0.25) is 0 Å². The van der Waals surface area contributed by atoms with E-state index in [4.69, 9.17) is 15.2 Å². The maximum Gasteiger partial charge on any atom is 0.222 e. The van der Waals surface area contributed by atoms with Gasteiger partial charge in [0.1, 0.15) is 11.5 Å². The van der Waals surface area contributed by atoms with Crippen molar-refractivity contribution < 1.29 is 9.47 Å². The summed E-state index contributed by atoms with van der Waals surface area (Å²) in [5.74, 6) is 2.06. The third kappa shape index (κ3) is 3.71. The molecule has 1 unspecified atom stereocenters. The molecule has 0 saturated heterocycles. The summed E-state index contributed by atoms with van der Waals surface area (Å²) in [5, 5.41) is 0. The van der Waals surface area contributed by atoms with Crippen LogP contribution in [0.1, 0.15) is 18.9 Å². The molecule has 0 aliphatic rings. The quantitative estimate of drug-likeness (QED) is 0.877. The molecule has 0 amide bonds. The fourth-order valence-electron chi connectivity index (χ4n) is 1.87. The molecule has 4 heteroatoms. The molecular formula is C16H20N2O2. The minimum absolute atomic E-state index is 0.117. The first kappa shape index (κ1) is 14.3. The predicted molar refractivity (Wildman–Crippen MR) is 79.3 cm³/mol. The smallest absolute Gasteiger partial charge is 0.222 e. The molecule has 1 heterocycles. The molecule has 106 valence electrons. The number of pyridine rings is 1. The summed E-state index contributed by atoms with van der Waals surface area (Å²) in [6.45, 7) is 2.07. The number of nitrogens with zero attached hydrogens (tertiary/aromatic N) is 1. The van der Waals surface area contributed by atoms with Crippen molar-refractivity contribution in [3.63, 3.8) is 0 Å². The molecule has 4 nitrogen and oxygen atoms in total. The zero-order valence-electron chi connectivity index (χ0n) is 11.9. The van der Waals surface area contributed by atoms with Gasteiger partial charge in [-0.3, -0.25) is 0 Å². The fraction of sp³-hybridized carbons (Fsp3) is 0.312. The van der Waals surface area contributed by atoms with Crippen molar-refractivity contribution in [2.45, 2.75) is 25.8 Å². The summed E-state index contributed by atoms with van der Waals surface area (Å²) in [5.41, 5.74) is 7.03. The molecule has 20 heavy (non-hydrogen) atoms. The molecule has 2 aromatic rings.